The average molecular weight is 381 g/mol. The maximum Gasteiger partial charge on any atom is 0.226 e. The summed E-state index contributed by atoms with van der Waals surface area (Å²) >= 11 is 1.72. The Bertz CT molecular complexity index is 900. The monoisotopic (exact) mass is 381 g/mol. The molecule has 0 fully saturated rings. The lowest BCUT2D eigenvalue weighted by molar-refractivity contribution is -0.136. The highest BCUT2D eigenvalue weighted by Crippen LogP contribution is 2.30. The van der Waals surface area contributed by atoms with Crippen LogP contribution < -0.4 is 0 Å². The lowest BCUT2D eigenvalue weighted by Crippen LogP contribution is -2.32. The topological polar surface area (TPSA) is 42.7 Å². The van der Waals surface area contributed by atoms with Gasteiger partial charge in [0.1, 0.15) is 5.76 Å². The van der Waals surface area contributed by atoms with Crippen LogP contribution in [0.2, 0.25) is 0 Å². The van der Waals surface area contributed by atoms with E-state index >= 15 is 0 Å². The van der Waals surface area contributed by atoms with Crippen LogP contribution in [-0.2, 0) is 29.0 Å². The summed E-state index contributed by atoms with van der Waals surface area (Å²) in [6, 6.07) is 16.2. The predicted octanol–water partition coefficient (Wildman–Crippen LogP) is 4.88. The first-order chi connectivity index (χ1) is 13.2. The zero-order valence-electron chi connectivity index (χ0n) is 15.4. The highest BCUT2D eigenvalue weighted by molar-refractivity contribution is 7.11. The SMILES string of the molecule is Cc1ccc(CN(Cc2ccco2)C(=O)CC2OCCc3ccccc32)s1. The summed E-state index contributed by atoms with van der Waals surface area (Å²) in [6.45, 7) is 3.81. The van der Waals surface area contributed by atoms with Gasteiger partial charge in [-0.25, -0.2) is 0 Å². The Morgan fingerprint density at radius 2 is 2.04 bits per heavy atom. The third-order valence-electron chi connectivity index (χ3n) is 4.87. The van der Waals surface area contributed by atoms with E-state index in [0.717, 1.165) is 17.7 Å². The van der Waals surface area contributed by atoms with Crippen molar-refractivity contribution in [3.63, 3.8) is 0 Å². The molecule has 2 aromatic heterocycles. The zero-order valence-corrected chi connectivity index (χ0v) is 16.2. The number of furan rings is 1. The van der Waals surface area contributed by atoms with Crippen molar-refractivity contribution in [3.8, 4) is 0 Å². The van der Waals surface area contributed by atoms with E-state index in [4.69, 9.17) is 9.15 Å². The summed E-state index contributed by atoms with van der Waals surface area (Å²) in [5.41, 5.74) is 2.43. The van der Waals surface area contributed by atoms with Gasteiger partial charge in [0.2, 0.25) is 5.91 Å². The second kappa shape index (κ2) is 8.11. The molecule has 4 rings (SSSR count). The number of hydrogen-bond acceptors (Lipinski definition) is 4. The second-order valence-electron chi connectivity index (χ2n) is 6.85. The molecule has 0 spiro atoms. The number of fused-ring (bicyclic) bond motifs is 1. The van der Waals surface area contributed by atoms with E-state index in [-0.39, 0.29) is 12.0 Å². The Morgan fingerprint density at radius 1 is 1.15 bits per heavy atom. The summed E-state index contributed by atoms with van der Waals surface area (Å²) < 4.78 is 11.4. The number of aryl methyl sites for hydroxylation is 1. The van der Waals surface area contributed by atoms with Gasteiger partial charge in [-0.05, 0) is 48.7 Å². The molecule has 0 saturated heterocycles. The molecule has 140 valence electrons. The number of carbonyl (C=O) groups excluding carboxylic acids is 1. The largest absolute Gasteiger partial charge is 0.467 e. The molecule has 0 radical (unpaired) electrons. The van der Waals surface area contributed by atoms with Crippen molar-refractivity contribution in [2.45, 2.75) is 39.0 Å². The Kier molecular flexibility index (Phi) is 5.41. The van der Waals surface area contributed by atoms with Gasteiger partial charge in [0.05, 0.1) is 38.5 Å². The van der Waals surface area contributed by atoms with Gasteiger partial charge in [0.25, 0.3) is 0 Å². The molecule has 1 atom stereocenters. The fourth-order valence-electron chi connectivity index (χ4n) is 3.51. The van der Waals surface area contributed by atoms with Gasteiger partial charge < -0.3 is 14.1 Å². The van der Waals surface area contributed by atoms with Gasteiger partial charge in [0.15, 0.2) is 0 Å². The maximum atomic E-state index is 13.2. The summed E-state index contributed by atoms with van der Waals surface area (Å²) in [5.74, 6) is 0.876. The molecular formula is C22H23NO3S. The summed E-state index contributed by atoms with van der Waals surface area (Å²) in [4.78, 5) is 17.5. The van der Waals surface area contributed by atoms with E-state index in [1.807, 2.05) is 29.2 Å². The first-order valence-electron chi connectivity index (χ1n) is 9.24. The molecule has 0 N–H and O–H groups in total. The van der Waals surface area contributed by atoms with Crippen molar-refractivity contribution in [2.24, 2.45) is 0 Å². The van der Waals surface area contributed by atoms with Crippen molar-refractivity contribution < 1.29 is 13.9 Å². The highest BCUT2D eigenvalue weighted by Gasteiger charge is 2.26. The van der Waals surface area contributed by atoms with E-state index in [1.54, 1.807) is 17.6 Å². The van der Waals surface area contributed by atoms with Gasteiger partial charge >= 0.3 is 0 Å². The Morgan fingerprint density at radius 3 is 2.81 bits per heavy atom. The first-order valence-corrected chi connectivity index (χ1v) is 10.1. The standard InChI is InChI=1S/C22H23NO3S/c1-16-8-9-19(27-16)15-23(14-18-6-4-11-25-18)22(24)13-21-20-7-3-2-5-17(20)10-12-26-21/h2-9,11,21H,10,12-15H2,1H3. The summed E-state index contributed by atoms with van der Waals surface area (Å²) in [6.07, 6.45) is 2.73. The quantitative estimate of drug-likeness (QED) is 0.611. The molecule has 1 aliphatic rings. The molecule has 1 amide bonds. The van der Waals surface area contributed by atoms with Crippen LogP contribution in [0.3, 0.4) is 0 Å². The minimum Gasteiger partial charge on any atom is -0.467 e. The van der Waals surface area contributed by atoms with Crippen LogP contribution in [0.25, 0.3) is 0 Å². The number of amides is 1. The van der Waals surface area contributed by atoms with E-state index < -0.39 is 0 Å². The predicted molar refractivity (Wildman–Crippen MR) is 105 cm³/mol. The van der Waals surface area contributed by atoms with Crippen molar-refractivity contribution >= 4 is 17.2 Å². The lowest BCUT2D eigenvalue weighted by Gasteiger charge is -2.28. The van der Waals surface area contributed by atoms with Crippen molar-refractivity contribution in [3.05, 3.63) is 81.4 Å². The van der Waals surface area contributed by atoms with Gasteiger partial charge in [-0.2, -0.15) is 0 Å². The van der Waals surface area contributed by atoms with Crippen LogP contribution in [0.15, 0.2) is 59.2 Å². The Balaban J connectivity index is 1.51. The molecular weight excluding hydrogens is 358 g/mol. The number of thiophene rings is 1. The fraction of sp³-hybridized carbons (Fsp3) is 0.318. The smallest absolute Gasteiger partial charge is 0.226 e. The summed E-state index contributed by atoms with van der Waals surface area (Å²) in [7, 11) is 0. The molecule has 0 bridgehead atoms. The number of carbonyl (C=O) groups is 1. The van der Waals surface area contributed by atoms with Crippen LogP contribution in [0.1, 0.15) is 39.2 Å². The van der Waals surface area contributed by atoms with Crippen LogP contribution in [0.4, 0.5) is 0 Å². The molecule has 5 heteroatoms. The van der Waals surface area contributed by atoms with Crippen LogP contribution in [0, 0.1) is 6.92 Å². The highest BCUT2D eigenvalue weighted by atomic mass is 32.1. The molecule has 1 aromatic carbocycles. The van der Waals surface area contributed by atoms with Gasteiger partial charge in [-0.15, -0.1) is 11.3 Å². The van der Waals surface area contributed by atoms with E-state index in [1.165, 1.54) is 15.3 Å². The van der Waals surface area contributed by atoms with Gasteiger partial charge in [0, 0.05) is 9.75 Å². The Hall–Kier alpha value is -2.37. The first kappa shape index (κ1) is 18.0. The molecule has 3 aromatic rings. The van der Waals surface area contributed by atoms with Crippen molar-refractivity contribution in [1.82, 2.24) is 4.90 Å². The maximum absolute atomic E-state index is 13.2. The fourth-order valence-corrected chi connectivity index (χ4v) is 4.42. The third-order valence-corrected chi connectivity index (χ3v) is 5.86. The minimum absolute atomic E-state index is 0.0826. The molecule has 0 aliphatic carbocycles. The number of ether oxygens (including phenoxy) is 1. The Labute approximate surface area is 163 Å². The van der Waals surface area contributed by atoms with E-state index in [0.29, 0.717) is 26.1 Å². The zero-order chi connectivity index (χ0) is 18.6. The summed E-state index contributed by atoms with van der Waals surface area (Å²) in [5, 5.41) is 0. The van der Waals surface area contributed by atoms with E-state index in [9.17, 15) is 4.79 Å². The van der Waals surface area contributed by atoms with Crippen molar-refractivity contribution in [2.75, 3.05) is 6.61 Å². The van der Waals surface area contributed by atoms with E-state index in [2.05, 4.69) is 31.2 Å². The molecule has 1 unspecified atom stereocenters. The number of nitrogens with zero attached hydrogens (tertiary/aromatic N) is 1. The van der Waals surface area contributed by atoms with Gasteiger partial charge in [-0.3, -0.25) is 4.79 Å². The minimum atomic E-state index is -0.174. The average Bonchev–Trinajstić information content (AvgIpc) is 3.33. The number of benzene rings is 1. The molecule has 0 saturated carbocycles. The second-order valence-corrected chi connectivity index (χ2v) is 8.23. The lowest BCUT2D eigenvalue weighted by atomic mass is 9.95. The third kappa shape index (κ3) is 4.31. The van der Waals surface area contributed by atoms with Crippen LogP contribution >= 0.6 is 11.3 Å². The normalized spacial score (nSPS) is 16.1. The molecule has 1 aliphatic heterocycles. The molecule has 27 heavy (non-hydrogen) atoms. The number of hydrogen-bond donors (Lipinski definition) is 0. The molecule has 4 nitrogen and oxygen atoms in total. The number of rotatable bonds is 6. The van der Waals surface area contributed by atoms with Crippen LogP contribution in [0.5, 0.6) is 0 Å². The van der Waals surface area contributed by atoms with Crippen LogP contribution in [-0.4, -0.2) is 17.4 Å². The molecule has 3 heterocycles. The van der Waals surface area contributed by atoms with Gasteiger partial charge in [-0.1, -0.05) is 24.3 Å². The van der Waals surface area contributed by atoms with Crippen molar-refractivity contribution in [1.29, 1.82) is 0 Å².